The second kappa shape index (κ2) is 9.06. The van der Waals surface area contributed by atoms with Crippen LogP contribution in [0.3, 0.4) is 0 Å². The fourth-order valence-corrected chi connectivity index (χ4v) is 1.94. The molecule has 8 heteroatoms. The van der Waals surface area contributed by atoms with E-state index in [0.29, 0.717) is 6.42 Å². The predicted octanol–water partition coefficient (Wildman–Crippen LogP) is -0.828. The van der Waals surface area contributed by atoms with Gasteiger partial charge in [-0.15, -0.1) is 0 Å². The topological polar surface area (TPSA) is 122 Å². The van der Waals surface area contributed by atoms with Crippen molar-refractivity contribution in [3.63, 3.8) is 0 Å². The lowest BCUT2D eigenvalue weighted by molar-refractivity contribution is -0.141. The van der Waals surface area contributed by atoms with Crippen LogP contribution in [0, 0.1) is 0 Å². The summed E-state index contributed by atoms with van der Waals surface area (Å²) in [6, 6.07) is 7.38. The van der Waals surface area contributed by atoms with Crippen LogP contribution in [0.25, 0.3) is 0 Å². The van der Waals surface area contributed by atoms with E-state index < -0.39 is 29.9 Å². The largest absolute Gasteiger partial charge is 0.480 e. The number of carboxylic acid groups (broad SMARTS) is 1. The molecule has 1 aromatic carbocycles. The van der Waals surface area contributed by atoms with Gasteiger partial charge in [-0.05, 0) is 12.0 Å². The van der Waals surface area contributed by atoms with Gasteiger partial charge in [0.1, 0.15) is 6.04 Å². The molecule has 1 rings (SSSR count). The van der Waals surface area contributed by atoms with Gasteiger partial charge in [-0.1, -0.05) is 30.3 Å². The third-order valence-corrected chi connectivity index (χ3v) is 3.24. The molecule has 7 nitrogen and oxygen atoms in total. The van der Waals surface area contributed by atoms with E-state index in [-0.39, 0.29) is 12.3 Å². The highest BCUT2D eigenvalue weighted by molar-refractivity contribution is 7.80. The van der Waals surface area contributed by atoms with Crippen LogP contribution in [0.5, 0.6) is 0 Å². The summed E-state index contributed by atoms with van der Waals surface area (Å²) in [5, 5.41) is 13.4. The lowest BCUT2D eigenvalue weighted by atomic mass is 10.1. The van der Waals surface area contributed by atoms with Gasteiger partial charge < -0.3 is 21.5 Å². The number of carbonyl (C=O) groups is 3. The number of nitrogens with two attached hydrogens (primary N) is 1. The van der Waals surface area contributed by atoms with Crippen molar-refractivity contribution in [1.29, 1.82) is 0 Å². The predicted molar refractivity (Wildman–Crippen MR) is 84.6 cm³/mol. The maximum absolute atomic E-state index is 11.8. The number of aliphatic carboxylic acids is 1. The van der Waals surface area contributed by atoms with Crippen molar-refractivity contribution in [1.82, 2.24) is 10.6 Å². The van der Waals surface area contributed by atoms with E-state index in [4.69, 9.17) is 10.8 Å². The molecule has 0 heterocycles. The molecule has 22 heavy (non-hydrogen) atoms. The van der Waals surface area contributed by atoms with Gasteiger partial charge in [0.25, 0.3) is 0 Å². The Hall–Kier alpha value is -2.06. The van der Waals surface area contributed by atoms with Crippen molar-refractivity contribution < 1.29 is 19.5 Å². The van der Waals surface area contributed by atoms with E-state index in [1.54, 1.807) is 0 Å². The van der Waals surface area contributed by atoms with E-state index in [2.05, 4.69) is 23.3 Å². The van der Waals surface area contributed by atoms with Crippen LogP contribution >= 0.6 is 12.6 Å². The van der Waals surface area contributed by atoms with Crippen molar-refractivity contribution in [2.45, 2.75) is 18.5 Å². The first kappa shape index (κ1) is 18.0. The molecule has 0 aliphatic carbocycles. The standard InChI is InChI=1S/C14H19N3O4S/c15-10(6-9-4-2-1-3-5-9)13(19)16-7-12(18)17-11(8-22)14(20)21/h1-5,10-11,22H,6-8,15H2,(H,16,19)(H,17,18)(H,20,21). The number of carboxylic acids is 1. The van der Waals surface area contributed by atoms with E-state index in [9.17, 15) is 14.4 Å². The minimum atomic E-state index is -1.18. The molecule has 0 aromatic heterocycles. The van der Waals surface area contributed by atoms with Crippen LogP contribution in [0.4, 0.5) is 0 Å². The van der Waals surface area contributed by atoms with Crippen LogP contribution < -0.4 is 16.4 Å². The quantitative estimate of drug-likeness (QED) is 0.400. The van der Waals surface area contributed by atoms with Crippen LogP contribution in [-0.2, 0) is 20.8 Å². The zero-order chi connectivity index (χ0) is 16.5. The minimum Gasteiger partial charge on any atom is -0.480 e. The van der Waals surface area contributed by atoms with Crippen LogP contribution in [0.1, 0.15) is 5.56 Å². The minimum absolute atomic E-state index is 0.0391. The van der Waals surface area contributed by atoms with E-state index in [1.165, 1.54) is 0 Å². The fourth-order valence-electron chi connectivity index (χ4n) is 1.69. The molecule has 0 aliphatic rings. The molecular formula is C14H19N3O4S. The first-order valence-electron chi connectivity index (χ1n) is 6.64. The maximum Gasteiger partial charge on any atom is 0.327 e. The molecule has 0 radical (unpaired) electrons. The Morgan fingerprint density at radius 1 is 1.23 bits per heavy atom. The fraction of sp³-hybridized carbons (Fsp3) is 0.357. The number of amides is 2. The summed E-state index contributed by atoms with van der Waals surface area (Å²) in [6.07, 6.45) is 0.350. The molecular weight excluding hydrogens is 306 g/mol. The molecule has 2 unspecified atom stereocenters. The van der Waals surface area contributed by atoms with Gasteiger partial charge in [0.05, 0.1) is 12.6 Å². The van der Waals surface area contributed by atoms with Gasteiger partial charge in [0, 0.05) is 5.75 Å². The molecule has 0 spiro atoms. The highest BCUT2D eigenvalue weighted by Gasteiger charge is 2.19. The van der Waals surface area contributed by atoms with Crippen LogP contribution in [0.2, 0.25) is 0 Å². The van der Waals surface area contributed by atoms with E-state index in [1.807, 2.05) is 30.3 Å². The lowest BCUT2D eigenvalue weighted by Crippen LogP contribution is -2.49. The number of hydrogen-bond donors (Lipinski definition) is 5. The lowest BCUT2D eigenvalue weighted by Gasteiger charge is -2.14. The molecule has 1 aromatic rings. The molecule has 120 valence electrons. The summed E-state index contributed by atoms with van der Waals surface area (Å²) in [6.45, 7) is -0.334. The summed E-state index contributed by atoms with van der Waals surface area (Å²) in [5.74, 6) is -2.31. The SMILES string of the molecule is NC(Cc1ccccc1)C(=O)NCC(=O)NC(CS)C(=O)O. The third-order valence-electron chi connectivity index (χ3n) is 2.87. The maximum atomic E-state index is 11.8. The number of thiol groups is 1. The summed E-state index contributed by atoms with van der Waals surface area (Å²) in [7, 11) is 0. The second-order valence-corrected chi connectivity index (χ2v) is 5.02. The van der Waals surface area contributed by atoms with Gasteiger partial charge in [-0.2, -0.15) is 12.6 Å². The Morgan fingerprint density at radius 3 is 2.41 bits per heavy atom. The Kier molecular flexibility index (Phi) is 7.41. The number of hydrogen-bond acceptors (Lipinski definition) is 5. The highest BCUT2D eigenvalue weighted by Crippen LogP contribution is 2.01. The molecule has 2 amide bonds. The first-order valence-corrected chi connectivity index (χ1v) is 7.27. The zero-order valence-corrected chi connectivity index (χ0v) is 12.8. The Labute approximate surface area is 133 Å². The smallest absolute Gasteiger partial charge is 0.327 e. The monoisotopic (exact) mass is 325 g/mol. The highest BCUT2D eigenvalue weighted by atomic mass is 32.1. The number of benzene rings is 1. The van der Waals surface area contributed by atoms with Crippen molar-refractivity contribution in [3.05, 3.63) is 35.9 Å². The molecule has 0 saturated carbocycles. The number of rotatable bonds is 8. The molecule has 0 fully saturated rings. The summed E-state index contributed by atoms with van der Waals surface area (Å²) < 4.78 is 0. The van der Waals surface area contributed by atoms with Crippen molar-refractivity contribution in [2.24, 2.45) is 5.73 Å². The third kappa shape index (κ3) is 6.15. The van der Waals surface area contributed by atoms with E-state index >= 15 is 0 Å². The summed E-state index contributed by atoms with van der Waals surface area (Å²) >= 11 is 3.82. The Bertz CT molecular complexity index is 524. The summed E-state index contributed by atoms with van der Waals surface area (Å²) in [4.78, 5) is 34.1. The average Bonchev–Trinajstić information content (AvgIpc) is 2.50. The average molecular weight is 325 g/mol. The molecule has 5 N–H and O–H groups in total. The van der Waals surface area contributed by atoms with Gasteiger partial charge in [0.15, 0.2) is 0 Å². The van der Waals surface area contributed by atoms with Crippen LogP contribution in [0.15, 0.2) is 30.3 Å². The summed E-state index contributed by atoms with van der Waals surface area (Å²) in [5.41, 5.74) is 6.67. The van der Waals surface area contributed by atoms with Gasteiger partial charge in [-0.3, -0.25) is 9.59 Å². The van der Waals surface area contributed by atoms with Gasteiger partial charge >= 0.3 is 5.97 Å². The molecule has 2 atom stereocenters. The van der Waals surface area contributed by atoms with Gasteiger partial charge in [0.2, 0.25) is 11.8 Å². The van der Waals surface area contributed by atoms with Crippen molar-refractivity contribution in [3.8, 4) is 0 Å². The molecule has 0 saturated heterocycles. The van der Waals surface area contributed by atoms with Crippen LogP contribution in [-0.4, -0.2) is 47.3 Å². The van der Waals surface area contributed by atoms with Gasteiger partial charge in [-0.25, -0.2) is 4.79 Å². The zero-order valence-electron chi connectivity index (χ0n) is 11.9. The normalized spacial score (nSPS) is 13.0. The Morgan fingerprint density at radius 2 is 1.86 bits per heavy atom. The first-order chi connectivity index (χ1) is 10.4. The number of carbonyl (C=O) groups excluding carboxylic acids is 2. The van der Waals surface area contributed by atoms with E-state index in [0.717, 1.165) is 5.56 Å². The van der Waals surface area contributed by atoms with Crippen molar-refractivity contribution in [2.75, 3.05) is 12.3 Å². The molecule has 0 aliphatic heterocycles. The Balaban J connectivity index is 2.38. The second-order valence-electron chi connectivity index (χ2n) is 4.65. The molecule has 0 bridgehead atoms. The number of nitrogens with one attached hydrogen (secondary N) is 2. The van der Waals surface area contributed by atoms with Crippen molar-refractivity contribution >= 4 is 30.4 Å².